The molecule has 10 heteroatoms. The first kappa shape index (κ1) is 11.6. The van der Waals surface area contributed by atoms with Crippen LogP contribution in [0.2, 0.25) is 0 Å². The fraction of sp³-hybridized carbons (Fsp3) is 0. The number of nitrogens with zero attached hydrogens (tertiary/aromatic N) is 4. The van der Waals surface area contributed by atoms with Gasteiger partial charge < -0.3 is 11.5 Å². The number of hydrazine groups is 2. The maximum absolute atomic E-state index is 10.8. The molecule has 4 amide bonds. The van der Waals surface area contributed by atoms with E-state index in [1.54, 1.807) is 0 Å². The van der Waals surface area contributed by atoms with Gasteiger partial charge in [0, 0.05) is 0 Å². The molecule has 0 unspecified atom stereocenters. The Bertz CT molecular complexity index is 382. The highest BCUT2D eigenvalue weighted by molar-refractivity contribution is 5.97. The predicted molar refractivity (Wildman–Crippen MR) is 54.5 cm³/mol. The number of rotatable bonds is 2. The molecule has 8 N–H and O–H groups in total. The van der Waals surface area contributed by atoms with Gasteiger partial charge in [-0.15, -0.1) is 0 Å². The van der Waals surface area contributed by atoms with E-state index in [2.05, 4.69) is 9.97 Å². The van der Waals surface area contributed by atoms with Gasteiger partial charge in [0.15, 0.2) is 5.82 Å². The van der Waals surface area contributed by atoms with Crippen LogP contribution >= 0.6 is 0 Å². The topological polar surface area (TPSA) is 170 Å². The van der Waals surface area contributed by atoms with Crippen LogP contribution in [0.5, 0.6) is 0 Å². The molecule has 0 spiro atoms. The maximum atomic E-state index is 10.8. The van der Waals surface area contributed by atoms with Crippen molar-refractivity contribution in [1.29, 1.82) is 0 Å². The lowest BCUT2D eigenvalue weighted by Crippen LogP contribution is -2.46. The van der Waals surface area contributed by atoms with E-state index < -0.39 is 12.1 Å². The van der Waals surface area contributed by atoms with Gasteiger partial charge in [-0.05, 0) is 0 Å². The summed E-state index contributed by atoms with van der Waals surface area (Å²) in [7, 11) is 0. The van der Waals surface area contributed by atoms with E-state index in [-0.39, 0.29) is 11.5 Å². The van der Waals surface area contributed by atoms with Crippen molar-refractivity contribution in [3.8, 4) is 0 Å². The van der Waals surface area contributed by atoms with Crippen LogP contribution < -0.4 is 33.2 Å². The van der Waals surface area contributed by atoms with Gasteiger partial charge in [0.2, 0.25) is 0 Å². The molecular formula is C6H10N8O2. The zero-order valence-corrected chi connectivity index (χ0v) is 8.07. The second kappa shape index (κ2) is 4.37. The molecule has 1 rings (SSSR count). The SMILES string of the molecule is NC(=O)N(N)c1cncnc1N(N)C(N)=O. The van der Waals surface area contributed by atoms with Crippen molar-refractivity contribution < 1.29 is 9.59 Å². The third kappa shape index (κ3) is 2.13. The Hall–Kier alpha value is -2.46. The fourth-order valence-corrected chi connectivity index (χ4v) is 0.894. The fourth-order valence-electron chi connectivity index (χ4n) is 0.894. The summed E-state index contributed by atoms with van der Waals surface area (Å²) in [6.07, 6.45) is 2.27. The Morgan fingerprint density at radius 1 is 1.12 bits per heavy atom. The second-order valence-electron chi connectivity index (χ2n) is 2.65. The smallest absolute Gasteiger partial charge is 0.335 e. The molecule has 0 aromatic carbocycles. The maximum Gasteiger partial charge on any atom is 0.335 e. The van der Waals surface area contributed by atoms with Gasteiger partial charge in [0.1, 0.15) is 12.0 Å². The van der Waals surface area contributed by atoms with Crippen LogP contribution in [0.4, 0.5) is 21.1 Å². The molecule has 86 valence electrons. The van der Waals surface area contributed by atoms with Crippen LogP contribution in [0, 0.1) is 0 Å². The molecule has 1 aromatic rings. The van der Waals surface area contributed by atoms with Gasteiger partial charge in [0.05, 0.1) is 6.20 Å². The molecule has 0 atom stereocenters. The van der Waals surface area contributed by atoms with Crippen molar-refractivity contribution in [2.75, 3.05) is 10.0 Å². The number of urea groups is 2. The summed E-state index contributed by atoms with van der Waals surface area (Å²) in [5, 5.41) is 1.05. The molecule has 0 aliphatic carbocycles. The van der Waals surface area contributed by atoms with Gasteiger partial charge >= 0.3 is 12.1 Å². The standard InChI is InChI=1S/C6H10N8O2/c7-5(15)13(9)3-1-11-2-12-4(3)14(10)6(8)16/h1-2H,9-10H2,(H2,7,15)(H2,8,16). The van der Waals surface area contributed by atoms with Crippen molar-refractivity contribution in [1.82, 2.24) is 9.97 Å². The molecule has 0 saturated heterocycles. The number of anilines is 2. The number of amides is 4. The largest absolute Gasteiger partial charge is 0.350 e. The molecule has 0 saturated carbocycles. The average molecular weight is 226 g/mol. The minimum atomic E-state index is -0.974. The quantitative estimate of drug-likeness (QED) is 0.258. The number of primary amides is 2. The van der Waals surface area contributed by atoms with E-state index >= 15 is 0 Å². The first-order valence-corrected chi connectivity index (χ1v) is 3.93. The van der Waals surface area contributed by atoms with Gasteiger partial charge in [-0.1, -0.05) is 0 Å². The number of hydrogen-bond acceptors (Lipinski definition) is 6. The number of nitrogens with two attached hydrogens (primary N) is 4. The van der Waals surface area contributed by atoms with E-state index in [0.29, 0.717) is 10.0 Å². The molecule has 0 bridgehead atoms. The van der Waals surface area contributed by atoms with Crippen molar-refractivity contribution in [2.45, 2.75) is 0 Å². The van der Waals surface area contributed by atoms with Crippen LogP contribution in [-0.2, 0) is 0 Å². The predicted octanol–water partition coefficient (Wildman–Crippen LogP) is -2.01. The van der Waals surface area contributed by atoms with Crippen molar-refractivity contribution in [3.63, 3.8) is 0 Å². The Balaban J connectivity index is 3.19. The minimum absolute atomic E-state index is 0.0451. The van der Waals surface area contributed by atoms with E-state index in [1.165, 1.54) is 0 Å². The van der Waals surface area contributed by atoms with E-state index in [1.807, 2.05) is 0 Å². The van der Waals surface area contributed by atoms with Gasteiger partial charge in [-0.3, -0.25) is 0 Å². The first-order valence-electron chi connectivity index (χ1n) is 3.93. The van der Waals surface area contributed by atoms with E-state index in [4.69, 9.17) is 23.2 Å². The molecule has 10 nitrogen and oxygen atoms in total. The molecular weight excluding hydrogens is 216 g/mol. The third-order valence-electron chi connectivity index (χ3n) is 1.64. The summed E-state index contributed by atoms with van der Waals surface area (Å²) in [5.74, 6) is 10.5. The zero-order valence-electron chi connectivity index (χ0n) is 8.07. The number of aromatic nitrogens is 2. The van der Waals surface area contributed by atoms with Gasteiger partial charge in [0.25, 0.3) is 0 Å². The normalized spacial score (nSPS) is 9.62. The molecule has 0 radical (unpaired) electrons. The highest BCUT2D eigenvalue weighted by Gasteiger charge is 2.19. The molecule has 0 fully saturated rings. The lowest BCUT2D eigenvalue weighted by molar-refractivity contribution is 0.252. The summed E-state index contributed by atoms with van der Waals surface area (Å²) >= 11 is 0. The lowest BCUT2D eigenvalue weighted by atomic mass is 10.4. The average Bonchev–Trinajstić information content (AvgIpc) is 2.26. The Morgan fingerprint density at radius 2 is 1.69 bits per heavy atom. The second-order valence-corrected chi connectivity index (χ2v) is 2.65. The number of hydrogen-bond donors (Lipinski definition) is 4. The lowest BCUT2D eigenvalue weighted by Gasteiger charge is -2.20. The summed E-state index contributed by atoms with van der Waals surface area (Å²) < 4.78 is 0. The van der Waals surface area contributed by atoms with E-state index in [0.717, 1.165) is 12.5 Å². The Kier molecular flexibility index (Phi) is 3.17. The van der Waals surface area contributed by atoms with Gasteiger partial charge in [-0.2, -0.15) is 0 Å². The monoisotopic (exact) mass is 226 g/mol. The highest BCUT2D eigenvalue weighted by Crippen LogP contribution is 2.21. The third-order valence-corrected chi connectivity index (χ3v) is 1.64. The summed E-state index contributed by atoms with van der Waals surface area (Å²) in [5.41, 5.74) is 9.84. The highest BCUT2D eigenvalue weighted by atomic mass is 16.2. The first-order chi connectivity index (χ1) is 7.45. The number of carbonyl (C=O) groups is 2. The molecule has 0 aliphatic heterocycles. The molecule has 0 aliphatic rings. The molecule has 1 heterocycles. The summed E-state index contributed by atoms with van der Waals surface area (Å²) in [6, 6.07) is -1.94. The Morgan fingerprint density at radius 3 is 2.19 bits per heavy atom. The minimum Gasteiger partial charge on any atom is -0.350 e. The summed E-state index contributed by atoms with van der Waals surface area (Å²) in [6.45, 7) is 0. The number of carbonyl (C=O) groups excluding carboxylic acids is 2. The summed E-state index contributed by atoms with van der Waals surface area (Å²) in [4.78, 5) is 28.9. The Labute approximate surface area is 89.7 Å². The van der Waals surface area contributed by atoms with Crippen molar-refractivity contribution in [3.05, 3.63) is 12.5 Å². The van der Waals surface area contributed by atoms with Crippen LogP contribution in [0.25, 0.3) is 0 Å². The van der Waals surface area contributed by atoms with Gasteiger partial charge in [-0.25, -0.2) is 41.3 Å². The van der Waals surface area contributed by atoms with E-state index in [9.17, 15) is 9.59 Å². The molecule has 1 aromatic heterocycles. The van der Waals surface area contributed by atoms with Crippen LogP contribution in [0.15, 0.2) is 12.5 Å². The van der Waals surface area contributed by atoms with Crippen LogP contribution in [-0.4, -0.2) is 22.0 Å². The van der Waals surface area contributed by atoms with Crippen LogP contribution in [0.3, 0.4) is 0 Å². The van der Waals surface area contributed by atoms with Crippen LogP contribution in [0.1, 0.15) is 0 Å². The zero-order chi connectivity index (χ0) is 12.3. The molecule has 16 heavy (non-hydrogen) atoms. The van der Waals surface area contributed by atoms with Crippen molar-refractivity contribution >= 4 is 23.6 Å². The van der Waals surface area contributed by atoms with Crippen molar-refractivity contribution in [2.24, 2.45) is 23.2 Å².